The van der Waals surface area contributed by atoms with Crippen LogP contribution < -0.4 is 0 Å². The lowest BCUT2D eigenvalue weighted by Gasteiger charge is -2.38. The molecule has 0 bridgehead atoms. The van der Waals surface area contributed by atoms with E-state index in [1.54, 1.807) is 0 Å². The van der Waals surface area contributed by atoms with Crippen molar-refractivity contribution in [2.24, 2.45) is 0 Å². The maximum atomic E-state index is 4.52. The summed E-state index contributed by atoms with van der Waals surface area (Å²) in [7, 11) is 0. The van der Waals surface area contributed by atoms with Crippen LogP contribution in [-0.2, 0) is 13.0 Å². The largest absolute Gasteiger partial charge is 0.315 e. The van der Waals surface area contributed by atoms with Crippen LogP contribution in [0, 0.1) is 0 Å². The van der Waals surface area contributed by atoms with Gasteiger partial charge in [-0.2, -0.15) is 0 Å². The topological polar surface area (TPSA) is 34.0 Å². The highest BCUT2D eigenvalue weighted by atomic mass is 15.3. The summed E-state index contributed by atoms with van der Waals surface area (Å²) in [6, 6.07) is 1.30. The molecule has 0 N–H and O–H groups in total. The van der Waals surface area contributed by atoms with E-state index >= 15 is 0 Å². The summed E-state index contributed by atoms with van der Waals surface area (Å²) < 4.78 is 2.40. The molecule has 0 amide bonds. The van der Waals surface area contributed by atoms with Gasteiger partial charge in [-0.3, -0.25) is 4.90 Å². The Kier molecular flexibility index (Phi) is 4.11. The Morgan fingerprint density at radius 1 is 1.10 bits per heavy atom. The third-order valence-electron chi connectivity index (χ3n) is 5.07. The smallest absolute Gasteiger partial charge is 0.135 e. The van der Waals surface area contributed by atoms with Gasteiger partial charge in [-0.25, -0.2) is 0 Å². The second-order valence-electron chi connectivity index (χ2n) is 6.85. The monoisotopic (exact) mass is 276 g/mol. The molecule has 2 aliphatic rings. The minimum atomic E-state index is 0.581. The van der Waals surface area contributed by atoms with Gasteiger partial charge >= 0.3 is 0 Å². The number of hydrogen-bond acceptors (Lipinski definition) is 3. The predicted octanol–water partition coefficient (Wildman–Crippen LogP) is 2.98. The van der Waals surface area contributed by atoms with Crippen LogP contribution in [0.15, 0.2) is 0 Å². The van der Waals surface area contributed by atoms with Crippen LogP contribution in [-0.4, -0.2) is 38.3 Å². The van der Waals surface area contributed by atoms with E-state index in [1.165, 1.54) is 50.3 Å². The van der Waals surface area contributed by atoms with Crippen LogP contribution in [0.4, 0.5) is 0 Å². The van der Waals surface area contributed by atoms with Crippen LogP contribution in [0.1, 0.15) is 70.4 Å². The van der Waals surface area contributed by atoms with E-state index in [0.29, 0.717) is 18.0 Å². The van der Waals surface area contributed by atoms with Gasteiger partial charge in [-0.05, 0) is 46.1 Å². The molecule has 0 saturated carbocycles. The van der Waals surface area contributed by atoms with E-state index in [9.17, 15) is 0 Å². The summed E-state index contributed by atoms with van der Waals surface area (Å²) in [6.07, 6.45) is 7.65. The van der Waals surface area contributed by atoms with Gasteiger partial charge in [-0.15, -0.1) is 10.2 Å². The fourth-order valence-corrected chi connectivity index (χ4v) is 3.93. The molecule has 3 heterocycles. The quantitative estimate of drug-likeness (QED) is 0.851. The number of nitrogens with zero attached hydrogens (tertiary/aromatic N) is 4. The van der Waals surface area contributed by atoms with Crippen LogP contribution in [0.5, 0.6) is 0 Å². The van der Waals surface area contributed by atoms with Crippen molar-refractivity contribution in [2.45, 2.75) is 83.8 Å². The van der Waals surface area contributed by atoms with Crippen molar-refractivity contribution in [1.82, 2.24) is 19.7 Å². The lowest BCUT2D eigenvalue weighted by Crippen LogP contribution is -2.45. The first-order chi connectivity index (χ1) is 9.66. The van der Waals surface area contributed by atoms with Crippen molar-refractivity contribution in [2.75, 3.05) is 6.54 Å². The van der Waals surface area contributed by atoms with E-state index < -0.39 is 0 Å². The third-order valence-corrected chi connectivity index (χ3v) is 5.07. The van der Waals surface area contributed by atoms with Crippen molar-refractivity contribution in [3.8, 4) is 0 Å². The molecule has 2 atom stereocenters. The predicted molar refractivity (Wildman–Crippen MR) is 80.9 cm³/mol. The average molecular weight is 276 g/mol. The van der Waals surface area contributed by atoms with Crippen LogP contribution in [0.3, 0.4) is 0 Å². The third kappa shape index (κ3) is 2.62. The van der Waals surface area contributed by atoms with Crippen molar-refractivity contribution < 1.29 is 0 Å². The molecule has 0 spiro atoms. The molecule has 4 nitrogen and oxygen atoms in total. The minimum absolute atomic E-state index is 0.581. The molecule has 112 valence electrons. The Bertz CT molecular complexity index is 451. The summed E-state index contributed by atoms with van der Waals surface area (Å²) in [5, 5.41) is 8.99. The van der Waals surface area contributed by atoms with Crippen molar-refractivity contribution in [1.29, 1.82) is 0 Å². The van der Waals surface area contributed by atoms with Gasteiger partial charge in [0.15, 0.2) is 0 Å². The number of piperidine rings is 1. The molecule has 1 saturated heterocycles. The zero-order chi connectivity index (χ0) is 14.1. The Morgan fingerprint density at radius 2 is 1.95 bits per heavy atom. The Balaban J connectivity index is 1.77. The summed E-state index contributed by atoms with van der Waals surface area (Å²) in [5.41, 5.74) is 0. The van der Waals surface area contributed by atoms with Gasteiger partial charge in [0.1, 0.15) is 11.6 Å². The van der Waals surface area contributed by atoms with Gasteiger partial charge < -0.3 is 4.57 Å². The first-order valence-electron chi connectivity index (χ1n) is 8.34. The Hall–Kier alpha value is -0.900. The zero-order valence-corrected chi connectivity index (χ0v) is 13.2. The van der Waals surface area contributed by atoms with Gasteiger partial charge in [0.25, 0.3) is 0 Å². The summed E-state index contributed by atoms with van der Waals surface area (Å²) in [5.74, 6) is 3.03. The molecule has 2 aliphatic heterocycles. The fourth-order valence-electron chi connectivity index (χ4n) is 3.93. The second kappa shape index (κ2) is 5.84. The summed E-state index contributed by atoms with van der Waals surface area (Å²) in [6.45, 7) is 9.29. The van der Waals surface area contributed by atoms with Gasteiger partial charge in [0.2, 0.25) is 0 Å². The normalized spacial score (nSPS) is 27.8. The molecule has 1 aromatic heterocycles. The van der Waals surface area contributed by atoms with E-state index in [2.05, 4.69) is 40.4 Å². The zero-order valence-electron chi connectivity index (χ0n) is 13.2. The van der Waals surface area contributed by atoms with Gasteiger partial charge in [0.05, 0.1) is 0 Å². The first-order valence-corrected chi connectivity index (χ1v) is 8.34. The summed E-state index contributed by atoms with van der Waals surface area (Å²) >= 11 is 0. The number of hydrogen-bond donors (Lipinski definition) is 0. The van der Waals surface area contributed by atoms with Crippen LogP contribution >= 0.6 is 0 Å². The molecular formula is C16H28N4. The number of aromatic nitrogens is 3. The van der Waals surface area contributed by atoms with Gasteiger partial charge in [-0.1, -0.05) is 13.3 Å². The number of rotatable bonds is 3. The fraction of sp³-hybridized carbons (Fsp3) is 0.875. The molecule has 20 heavy (non-hydrogen) atoms. The van der Waals surface area contributed by atoms with E-state index in [1.807, 2.05) is 0 Å². The van der Waals surface area contributed by atoms with Crippen LogP contribution in [0.25, 0.3) is 0 Å². The second-order valence-corrected chi connectivity index (χ2v) is 6.85. The van der Waals surface area contributed by atoms with Crippen molar-refractivity contribution in [3.63, 3.8) is 0 Å². The molecule has 0 radical (unpaired) electrons. The average Bonchev–Trinajstić information content (AvgIpc) is 2.84. The first kappa shape index (κ1) is 14.1. The lowest BCUT2D eigenvalue weighted by atomic mass is 9.96. The van der Waals surface area contributed by atoms with E-state index in [0.717, 1.165) is 13.0 Å². The standard InChI is InChI=1S/C16H28N4/c1-12(2)19-9-5-4-8-14(19)11-15-17-18-16-13(3)7-6-10-20(15)16/h12-14H,4-11H2,1-3H3. The molecule has 0 aromatic carbocycles. The number of likely N-dealkylation sites (tertiary alicyclic amines) is 1. The van der Waals surface area contributed by atoms with Crippen molar-refractivity contribution in [3.05, 3.63) is 11.6 Å². The molecule has 3 rings (SSSR count). The number of fused-ring (bicyclic) bond motifs is 1. The molecule has 1 aromatic rings. The summed E-state index contributed by atoms with van der Waals surface area (Å²) in [4.78, 5) is 2.66. The highest BCUT2D eigenvalue weighted by Crippen LogP contribution is 2.28. The lowest BCUT2D eigenvalue weighted by molar-refractivity contribution is 0.109. The van der Waals surface area contributed by atoms with Crippen molar-refractivity contribution >= 4 is 0 Å². The molecule has 1 fully saturated rings. The maximum absolute atomic E-state index is 4.52. The highest BCUT2D eigenvalue weighted by Gasteiger charge is 2.28. The molecular weight excluding hydrogens is 248 g/mol. The molecule has 0 aliphatic carbocycles. The highest BCUT2D eigenvalue weighted by molar-refractivity contribution is 5.05. The molecule has 4 heteroatoms. The van der Waals surface area contributed by atoms with Gasteiger partial charge in [0, 0.05) is 31.0 Å². The van der Waals surface area contributed by atoms with E-state index in [-0.39, 0.29) is 0 Å². The SMILES string of the molecule is CC1CCCn2c(CC3CCCCN3C(C)C)nnc21. The minimum Gasteiger partial charge on any atom is -0.315 e. The molecule has 2 unspecified atom stereocenters. The Morgan fingerprint density at radius 3 is 2.75 bits per heavy atom. The Labute approximate surface area is 122 Å². The maximum Gasteiger partial charge on any atom is 0.135 e. The van der Waals surface area contributed by atoms with E-state index in [4.69, 9.17) is 0 Å². The van der Waals surface area contributed by atoms with Crippen LogP contribution in [0.2, 0.25) is 0 Å².